The summed E-state index contributed by atoms with van der Waals surface area (Å²) in [5.41, 5.74) is -0.338. The Labute approximate surface area is 48.0 Å². The van der Waals surface area contributed by atoms with Gasteiger partial charge in [0.15, 0.2) is 0 Å². The number of hydrogen-bond donors (Lipinski definition) is 0. The van der Waals surface area contributed by atoms with Crippen LogP contribution in [0.4, 0.5) is 0 Å². The minimum atomic E-state index is -0.338. The smallest absolute Gasteiger partial charge is 0.165 e. The van der Waals surface area contributed by atoms with Gasteiger partial charge in [0.1, 0.15) is 0 Å². The van der Waals surface area contributed by atoms with E-state index >= 15 is 0 Å². The first kappa shape index (κ1) is 6.38. The van der Waals surface area contributed by atoms with Gasteiger partial charge in [-0.25, -0.2) is 0 Å². The Morgan fingerprint density at radius 1 is 1.50 bits per heavy atom. The van der Waals surface area contributed by atoms with E-state index in [1.807, 2.05) is 13.0 Å². The number of hydrogen-bond acceptors (Lipinski definition) is 0. The zero-order chi connectivity index (χ0) is 4.99. The molecule has 0 aromatic rings. The van der Waals surface area contributed by atoms with Crippen LogP contribution in [0.25, 0.3) is 0 Å². The van der Waals surface area contributed by atoms with Gasteiger partial charge in [-0.3, -0.25) is 0 Å². The van der Waals surface area contributed by atoms with Gasteiger partial charge in [-0.1, -0.05) is 12.1 Å². The van der Waals surface area contributed by atoms with Crippen LogP contribution >= 0.6 is 22.9 Å². The van der Waals surface area contributed by atoms with Crippen LogP contribution < -0.4 is 0 Å². The summed E-state index contributed by atoms with van der Waals surface area (Å²) in [6, 6.07) is 0. The molecule has 0 saturated carbocycles. The Morgan fingerprint density at radius 2 is 2.00 bits per heavy atom. The van der Waals surface area contributed by atoms with E-state index in [1.54, 1.807) is 5.98 Å². The van der Waals surface area contributed by atoms with E-state index < -0.39 is 0 Å². The summed E-state index contributed by atoms with van der Waals surface area (Å²) < 4.78 is 0. The Balaban J connectivity index is 3.03. The molecule has 0 atom stereocenters. The third kappa shape index (κ3) is 4.38. The van der Waals surface area contributed by atoms with Crippen LogP contribution in [0.5, 0.6) is 0 Å². The maximum atomic E-state index is 5.26. The molecule has 0 radical (unpaired) electrons. The van der Waals surface area contributed by atoms with Gasteiger partial charge in [0.25, 0.3) is 0 Å². The number of rotatable bonds is 1. The van der Waals surface area contributed by atoms with Gasteiger partial charge < -0.3 is 0 Å². The molecule has 0 N–H and O–H groups in total. The Morgan fingerprint density at radius 3 is 2.00 bits per heavy atom. The highest BCUT2D eigenvalue weighted by atomic mass is 35.5. The molecule has 0 bridgehead atoms. The summed E-state index contributed by atoms with van der Waals surface area (Å²) in [5.74, 6) is 1.70. The molecule has 0 unspecified atom stereocenters. The topological polar surface area (TPSA) is 0 Å². The molecule has 0 aliphatic heterocycles. The lowest BCUT2D eigenvalue weighted by molar-refractivity contribution is 1.78. The molecule has 0 aliphatic rings. The Bertz CT molecular complexity index is 50.8. The highest BCUT2D eigenvalue weighted by Gasteiger charge is 1.93. The fourth-order valence-corrected chi connectivity index (χ4v) is 0.436. The maximum absolute atomic E-state index is 5.26. The fraction of sp³-hybridized carbons (Fsp3) is 0.333. The first-order valence-electron chi connectivity index (χ1n) is 1.68. The summed E-state index contributed by atoms with van der Waals surface area (Å²) in [4.78, 5) is 0. The monoisotopic (exact) mass is 122 g/mol. The Kier molecular flexibility index (Phi) is 3.80. The highest BCUT2D eigenvalue weighted by Crippen LogP contribution is 1.94. The van der Waals surface area contributed by atoms with E-state index in [2.05, 4.69) is 0 Å². The van der Waals surface area contributed by atoms with Crippen LogP contribution in [-0.4, -0.2) is 5.54 Å². The van der Waals surface area contributed by atoms with E-state index in [0.717, 1.165) is 0 Å². The second-order valence-electron chi connectivity index (χ2n) is 0.860. The predicted octanol–water partition coefficient (Wildman–Crippen LogP) is 2.07. The zero-order valence-corrected chi connectivity index (χ0v) is 5.00. The summed E-state index contributed by atoms with van der Waals surface area (Å²) in [7, 11) is 0. The van der Waals surface area contributed by atoms with Crippen molar-refractivity contribution in [1.29, 1.82) is 0 Å². The SMILES string of the molecule is C/C=C/B(Cl)Cl. The van der Waals surface area contributed by atoms with Crippen molar-refractivity contribution in [2.75, 3.05) is 0 Å². The zero-order valence-electron chi connectivity index (χ0n) is 3.49. The molecule has 34 valence electrons. The second-order valence-corrected chi connectivity index (χ2v) is 2.02. The van der Waals surface area contributed by atoms with Crippen molar-refractivity contribution in [3.05, 3.63) is 12.1 Å². The van der Waals surface area contributed by atoms with Crippen molar-refractivity contribution in [3.63, 3.8) is 0 Å². The van der Waals surface area contributed by atoms with Crippen molar-refractivity contribution >= 4 is 28.5 Å². The molecule has 0 aliphatic carbocycles. The number of halogens is 2. The molecule has 0 nitrogen and oxygen atoms in total. The molecule has 0 fully saturated rings. The molecular formula is C3H5BCl2. The molecule has 0 aromatic heterocycles. The van der Waals surface area contributed by atoms with Crippen LogP contribution in [-0.2, 0) is 0 Å². The van der Waals surface area contributed by atoms with Crippen molar-refractivity contribution < 1.29 is 0 Å². The molecular weight excluding hydrogens is 118 g/mol. The van der Waals surface area contributed by atoms with E-state index in [9.17, 15) is 0 Å². The third-order valence-electron chi connectivity index (χ3n) is 0.338. The fourth-order valence-electron chi connectivity index (χ4n) is 0.145. The van der Waals surface area contributed by atoms with Crippen LogP contribution in [0, 0.1) is 0 Å². The van der Waals surface area contributed by atoms with Gasteiger partial charge in [-0.2, -0.15) is 22.9 Å². The van der Waals surface area contributed by atoms with Crippen molar-refractivity contribution in [1.82, 2.24) is 0 Å². The first-order chi connectivity index (χ1) is 2.77. The van der Waals surface area contributed by atoms with E-state index in [0.29, 0.717) is 0 Å². The van der Waals surface area contributed by atoms with Gasteiger partial charge in [0.05, 0.1) is 0 Å². The molecule has 0 saturated heterocycles. The Hall–Kier alpha value is 0.385. The van der Waals surface area contributed by atoms with E-state index in [1.165, 1.54) is 0 Å². The maximum Gasteiger partial charge on any atom is 0.375 e. The summed E-state index contributed by atoms with van der Waals surface area (Å²) in [6.07, 6.45) is 1.81. The lowest BCUT2D eigenvalue weighted by Crippen LogP contribution is -1.80. The van der Waals surface area contributed by atoms with Crippen molar-refractivity contribution in [2.45, 2.75) is 6.92 Å². The second kappa shape index (κ2) is 3.57. The van der Waals surface area contributed by atoms with Gasteiger partial charge in [-0.15, -0.1) is 0 Å². The van der Waals surface area contributed by atoms with Gasteiger partial charge >= 0.3 is 5.54 Å². The van der Waals surface area contributed by atoms with Crippen LogP contribution in [0.2, 0.25) is 0 Å². The van der Waals surface area contributed by atoms with Gasteiger partial charge in [0.2, 0.25) is 0 Å². The van der Waals surface area contributed by atoms with Gasteiger partial charge in [0, 0.05) is 0 Å². The molecule has 3 heteroatoms. The lowest BCUT2D eigenvalue weighted by Gasteiger charge is -1.74. The van der Waals surface area contributed by atoms with Crippen LogP contribution in [0.1, 0.15) is 6.92 Å². The first-order valence-corrected chi connectivity index (χ1v) is 2.55. The molecule has 0 heterocycles. The summed E-state index contributed by atoms with van der Waals surface area (Å²) >= 11 is 10.5. The highest BCUT2D eigenvalue weighted by molar-refractivity contribution is 7.36. The average molecular weight is 123 g/mol. The van der Waals surface area contributed by atoms with E-state index in [4.69, 9.17) is 22.9 Å². The number of allylic oxidation sites excluding steroid dienone is 1. The minimum Gasteiger partial charge on any atom is -0.165 e. The largest absolute Gasteiger partial charge is 0.375 e. The third-order valence-corrected chi connectivity index (χ3v) is 0.629. The molecule has 0 spiro atoms. The van der Waals surface area contributed by atoms with Crippen LogP contribution in [0.15, 0.2) is 12.1 Å². The minimum absolute atomic E-state index is 0.338. The molecule has 6 heavy (non-hydrogen) atoms. The predicted molar refractivity (Wildman–Crippen MR) is 32.3 cm³/mol. The quantitative estimate of drug-likeness (QED) is 0.468. The van der Waals surface area contributed by atoms with Crippen molar-refractivity contribution in [3.8, 4) is 0 Å². The average Bonchev–Trinajstić information content (AvgIpc) is 1.35. The molecule has 0 aromatic carbocycles. The lowest BCUT2D eigenvalue weighted by atomic mass is 10.1. The summed E-state index contributed by atoms with van der Waals surface area (Å²) in [5, 5.41) is 0. The van der Waals surface area contributed by atoms with E-state index in [-0.39, 0.29) is 5.54 Å². The molecule has 0 amide bonds. The standard InChI is InChI=1S/C3H5BCl2/c1-2-3-4(5)6/h2-3H,1H3/b3-2+. The van der Waals surface area contributed by atoms with Gasteiger partial charge in [-0.05, 0) is 6.92 Å². The van der Waals surface area contributed by atoms with Crippen LogP contribution in [0.3, 0.4) is 0 Å². The summed E-state index contributed by atoms with van der Waals surface area (Å²) in [6.45, 7) is 1.87. The van der Waals surface area contributed by atoms with Crippen molar-refractivity contribution in [2.24, 2.45) is 0 Å². The normalized spacial score (nSPS) is 9.83. The molecule has 0 rings (SSSR count).